The number of nitriles is 1. The summed E-state index contributed by atoms with van der Waals surface area (Å²) in [6.07, 6.45) is -0.215. The Hall–Kier alpha value is -5.38. The molecule has 0 saturated heterocycles. The van der Waals surface area contributed by atoms with Gasteiger partial charge in [0, 0.05) is 31.6 Å². The molecule has 2 heterocycles. The maximum Gasteiger partial charge on any atom is 0.335 e. The van der Waals surface area contributed by atoms with Gasteiger partial charge >= 0.3 is 12.0 Å². The zero-order valence-electron chi connectivity index (χ0n) is 23.6. The minimum atomic E-state index is -1.28. The standard InChI is InChI=1S/C29H29N5O8/c1-6-15(3)23-24(35)31-22-25(40-19-12-17(27(36)34(4)5)11-18(13-19)28(37)38)32-29(33-26(22)42-23)41-21-10-16(14-30)8-9-20(21)39-7-2/h8-13,15,23H,6-7H2,1-5H3,(H,31,35)(H,37,38). The first kappa shape index (κ1) is 29.6. The van der Waals surface area contributed by atoms with E-state index in [-0.39, 0.29) is 52.0 Å². The third kappa shape index (κ3) is 6.33. The highest BCUT2D eigenvalue weighted by Crippen LogP contribution is 2.42. The molecule has 0 saturated carbocycles. The molecule has 2 aromatic carbocycles. The van der Waals surface area contributed by atoms with E-state index >= 15 is 0 Å². The molecule has 2 unspecified atom stereocenters. The second-order valence-corrected chi connectivity index (χ2v) is 9.57. The predicted molar refractivity (Wildman–Crippen MR) is 148 cm³/mol. The molecular weight excluding hydrogens is 546 g/mol. The van der Waals surface area contributed by atoms with E-state index in [0.29, 0.717) is 24.3 Å². The smallest absolute Gasteiger partial charge is 0.335 e. The fraction of sp³-hybridized carbons (Fsp3) is 0.310. The number of hydrogen-bond donors (Lipinski definition) is 2. The molecule has 1 aliphatic rings. The number of amides is 2. The molecule has 2 amide bonds. The van der Waals surface area contributed by atoms with Crippen molar-refractivity contribution in [3.05, 3.63) is 53.1 Å². The minimum Gasteiger partial charge on any atom is -0.490 e. The van der Waals surface area contributed by atoms with E-state index < -0.39 is 23.9 Å². The highest BCUT2D eigenvalue weighted by Gasteiger charge is 2.36. The first-order chi connectivity index (χ1) is 20.0. The van der Waals surface area contributed by atoms with Gasteiger partial charge in [-0.05, 0) is 43.7 Å². The second kappa shape index (κ2) is 12.4. The summed E-state index contributed by atoms with van der Waals surface area (Å²) in [4.78, 5) is 47.3. The Bertz CT molecular complexity index is 1580. The first-order valence-electron chi connectivity index (χ1n) is 13.1. The van der Waals surface area contributed by atoms with Crippen molar-refractivity contribution in [1.82, 2.24) is 14.9 Å². The van der Waals surface area contributed by atoms with Gasteiger partial charge < -0.3 is 34.3 Å². The van der Waals surface area contributed by atoms with Crippen LogP contribution in [0.5, 0.6) is 35.0 Å². The van der Waals surface area contributed by atoms with Gasteiger partial charge in [0.25, 0.3) is 17.7 Å². The van der Waals surface area contributed by atoms with E-state index in [1.165, 1.54) is 43.3 Å². The highest BCUT2D eigenvalue weighted by molar-refractivity contribution is 5.99. The van der Waals surface area contributed by atoms with Gasteiger partial charge in [0.1, 0.15) is 5.75 Å². The summed E-state index contributed by atoms with van der Waals surface area (Å²) in [7, 11) is 3.05. The van der Waals surface area contributed by atoms with Crippen molar-refractivity contribution in [2.45, 2.75) is 33.3 Å². The second-order valence-electron chi connectivity index (χ2n) is 9.57. The minimum absolute atomic E-state index is 0.0103. The normalized spacial score (nSPS) is 14.4. The molecule has 218 valence electrons. The number of carbonyl (C=O) groups is 3. The Kier molecular flexibility index (Phi) is 8.76. The molecule has 0 bridgehead atoms. The maximum absolute atomic E-state index is 12.9. The van der Waals surface area contributed by atoms with Crippen LogP contribution in [-0.2, 0) is 4.79 Å². The van der Waals surface area contributed by atoms with Crippen LogP contribution in [0.3, 0.4) is 0 Å². The quantitative estimate of drug-likeness (QED) is 0.349. The number of anilines is 1. The van der Waals surface area contributed by atoms with Crippen LogP contribution in [0.4, 0.5) is 5.69 Å². The van der Waals surface area contributed by atoms with Crippen LogP contribution in [-0.4, -0.2) is 64.6 Å². The number of benzene rings is 2. The lowest BCUT2D eigenvalue weighted by molar-refractivity contribution is -0.125. The number of nitrogens with zero attached hydrogens (tertiary/aromatic N) is 4. The summed E-state index contributed by atoms with van der Waals surface area (Å²) in [6, 6.07) is 10.1. The third-order valence-corrected chi connectivity index (χ3v) is 6.32. The van der Waals surface area contributed by atoms with Crippen LogP contribution >= 0.6 is 0 Å². The van der Waals surface area contributed by atoms with Crippen molar-refractivity contribution >= 4 is 23.5 Å². The van der Waals surface area contributed by atoms with Gasteiger partial charge in [0.2, 0.25) is 5.88 Å². The number of carboxylic acids is 1. The Morgan fingerprint density at radius 2 is 1.86 bits per heavy atom. The first-order valence-corrected chi connectivity index (χ1v) is 13.1. The number of rotatable bonds is 10. The number of aromatic nitrogens is 2. The lowest BCUT2D eigenvalue weighted by atomic mass is 10.0. The summed E-state index contributed by atoms with van der Waals surface area (Å²) in [5, 5.41) is 21.7. The Morgan fingerprint density at radius 1 is 1.12 bits per heavy atom. The number of carbonyl (C=O) groups excluding carboxylic acids is 2. The van der Waals surface area contributed by atoms with Gasteiger partial charge in [-0.15, -0.1) is 0 Å². The Morgan fingerprint density at radius 3 is 2.50 bits per heavy atom. The molecule has 13 heteroatoms. The average molecular weight is 576 g/mol. The summed E-state index contributed by atoms with van der Waals surface area (Å²) in [5.74, 6) is -2.19. The SMILES string of the molecule is CCOc1ccc(C#N)cc1Oc1nc(Oc2cc(C(=O)O)cc(C(=O)N(C)C)c2)c2c(n1)OC(C(C)CC)C(=O)N2. The molecule has 0 radical (unpaired) electrons. The average Bonchev–Trinajstić information content (AvgIpc) is 2.97. The van der Waals surface area contributed by atoms with Crippen molar-refractivity contribution in [2.24, 2.45) is 5.92 Å². The van der Waals surface area contributed by atoms with Gasteiger partial charge in [0.15, 0.2) is 23.3 Å². The summed E-state index contributed by atoms with van der Waals surface area (Å²) in [5.41, 5.74) is 0.140. The van der Waals surface area contributed by atoms with E-state index in [0.717, 1.165) is 0 Å². The fourth-order valence-electron chi connectivity index (χ4n) is 3.98. The molecular formula is C29H29N5O8. The Labute approximate surface area is 241 Å². The molecule has 2 atom stereocenters. The molecule has 0 fully saturated rings. The van der Waals surface area contributed by atoms with Crippen molar-refractivity contribution in [3.8, 4) is 41.1 Å². The number of fused-ring (bicyclic) bond motifs is 1. The van der Waals surface area contributed by atoms with Crippen LogP contribution in [0.1, 0.15) is 53.5 Å². The zero-order valence-corrected chi connectivity index (χ0v) is 23.6. The van der Waals surface area contributed by atoms with Gasteiger partial charge in [-0.25, -0.2) is 4.79 Å². The molecule has 2 N–H and O–H groups in total. The van der Waals surface area contributed by atoms with Crippen molar-refractivity contribution in [2.75, 3.05) is 26.0 Å². The van der Waals surface area contributed by atoms with Crippen molar-refractivity contribution in [3.63, 3.8) is 0 Å². The van der Waals surface area contributed by atoms with Crippen molar-refractivity contribution < 1.29 is 38.4 Å². The molecule has 13 nitrogen and oxygen atoms in total. The zero-order chi connectivity index (χ0) is 30.6. The van der Waals surface area contributed by atoms with Crippen LogP contribution in [0, 0.1) is 17.2 Å². The van der Waals surface area contributed by atoms with E-state index in [1.807, 2.05) is 19.9 Å². The van der Waals surface area contributed by atoms with E-state index in [9.17, 15) is 24.8 Å². The third-order valence-electron chi connectivity index (χ3n) is 6.32. The molecule has 0 aliphatic carbocycles. The van der Waals surface area contributed by atoms with E-state index in [2.05, 4.69) is 15.3 Å². The van der Waals surface area contributed by atoms with Gasteiger partial charge in [-0.1, -0.05) is 13.8 Å². The van der Waals surface area contributed by atoms with Crippen molar-refractivity contribution in [1.29, 1.82) is 5.26 Å². The number of hydrogen-bond acceptors (Lipinski definition) is 10. The fourth-order valence-corrected chi connectivity index (χ4v) is 3.98. The van der Waals surface area contributed by atoms with Crippen LogP contribution < -0.4 is 24.3 Å². The van der Waals surface area contributed by atoms with Crippen LogP contribution in [0.25, 0.3) is 0 Å². The van der Waals surface area contributed by atoms with Gasteiger partial charge in [-0.2, -0.15) is 15.2 Å². The molecule has 1 aliphatic heterocycles. The number of aromatic carboxylic acids is 1. The maximum atomic E-state index is 12.9. The molecule has 1 aromatic heterocycles. The number of ether oxygens (including phenoxy) is 4. The topological polar surface area (TPSA) is 173 Å². The molecule has 4 rings (SSSR count). The Balaban J connectivity index is 1.84. The summed E-state index contributed by atoms with van der Waals surface area (Å²) < 4.78 is 23.5. The lowest BCUT2D eigenvalue weighted by Gasteiger charge is -2.29. The predicted octanol–water partition coefficient (Wildman–Crippen LogP) is 4.48. The highest BCUT2D eigenvalue weighted by atomic mass is 16.5. The lowest BCUT2D eigenvalue weighted by Crippen LogP contribution is -2.41. The van der Waals surface area contributed by atoms with E-state index in [4.69, 9.17) is 18.9 Å². The molecule has 0 spiro atoms. The number of carboxylic acid groups (broad SMARTS) is 1. The van der Waals surface area contributed by atoms with Crippen LogP contribution in [0.2, 0.25) is 0 Å². The summed E-state index contributed by atoms with van der Waals surface area (Å²) >= 11 is 0. The monoisotopic (exact) mass is 575 g/mol. The van der Waals surface area contributed by atoms with Crippen LogP contribution in [0.15, 0.2) is 36.4 Å². The largest absolute Gasteiger partial charge is 0.490 e. The van der Waals surface area contributed by atoms with E-state index in [1.54, 1.807) is 19.1 Å². The van der Waals surface area contributed by atoms with Gasteiger partial charge in [0.05, 0.1) is 23.8 Å². The molecule has 42 heavy (non-hydrogen) atoms. The number of nitrogens with one attached hydrogen (secondary N) is 1. The summed E-state index contributed by atoms with van der Waals surface area (Å²) in [6.45, 7) is 5.88. The molecule has 3 aromatic rings. The van der Waals surface area contributed by atoms with Gasteiger partial charge in [-0.3, -0.25) is 9.59 Å².